The predicted molar refractivity (Wildman–Crippen MR) is 60.7 cm³/mol. The molecule has 3 heteroatoms. The van der Waals surface area contributed by atoms with Crippen molar-refractivity contribution in [3.8, 4) is 0 Å². The van der Waals surface area contributed by atoms with E-state index >= 15 is 0 Å². The summed E-state index contributed by atoms with van der Waals surface area (Å²) in [6.07, 6.45) is 9.68. The molecular formula is C13H24O2Y. The zero-order valence-electron chi connectivity index (χ0n) is 10.4. The Bertz CT molecular complexity index is 194. The summed E-state index contributed by atoms with van der Waals surface area (Å²) >= 11 is 0. The molecule has 0 saturated heterocycles. The summed E-state index contributed by atoms with van der Waals surface area (Å²) in [4.78, 5) is 0. The van der Waals surface area contributed by atoms with Crippen LogP contribution in [0, 0.1) is 17.8 Å². The smallest absolute Gasteiger partial charge is 0.0802 e. The van der Waals surface area contributed by atoms with Gasteiger partial charge in [0.1, 0.15) is 0 Å². The van der Waals surface area contributed by atoms with E-state index in [9.17, 15) is 0 Å². The first-order valence-electron chi connectivity index (χ1n) is 6.47. The molecule has 91 valence electrons. The molecule has 0 heterocycles. The van der Waals surface area contributed by atoms with Crippen molar-refractivity contribution >= 4 is 0 Å². The molecule has 0 spiro atoms. The Morgan fingerprint density at radius 2 is 2.12 bits per heavy atom. The van der Waals surface area contributed by atoms with Gasteiger partial charge in [-0.2, -0.15) is 0 Å². The maximum absolute atomic E-state index is 9.00. The zero-order valence-corrected chi connectivity index (χ0v) is 13.2. The van der Waals surface area contributed by atoms with Crippen molar-refractivity contribution in [2.45, 2.75) is 51.0 Å². The molecule has 1 N–H and O–H groups in total. The third-order valence-corrected chi connectivity index (χ3v) is 4.52. The maximum Gasteiger partial charge on any atom is 0.0802 e. The second kappa shape index (κ2) is 7.46. The largest absolute Gasteiger partial charge is 0.394 e. The third kappa shape index (κ3) is 3.76. The summed E-state index contributed by atoms with van der Waals surface area (Å²) in [6, 6.07) is 0. The standard InChI is InChI=1S/C13H24O2.Y/c1-15-13(9-14)4-2-3-11-7-10-5-6-12(11)8-10;/h10-14H,2-9H2,1H3;. The molecule has 2 fully saturated rings. The number of rotatable bonds is 6. The van der Waals surface area contributed by atoms with Crippen molar-refractivity contribution in [2.24, 2.45) is 17.8 Å². The Kier molecular flexibility index (Phi) is 7.03. The van der Waals surface area contributed by atoms with E-state index in [1.165, 1.54) is 38.5 Å². The van der Waals surface area contributed by atoms with E-state index in [1.807, 2.05) is 0 Å². The van der Waals surface area contributed by atoms with Gasteiger partial charge in [0.2, 0.25) is 0 Å². The fraction of sp³-hybridized carbons (Fsp3) is 1.00. The van der Waals surface area contributed by atoms with Gasteiger partial charge in [0.15, 0.2) is 0 Å². The first-order chi connectivity index (χ1) is 7.33. The van der Waals surface area contributed by atoms with Crippen LogP contribution in [0.2, 0.25) is 0 Å². The monoisotopic (exact) mass is 301 g/mol. The minimum absolute atomic E-state index is 0. The summed E-state index contributed by atoms with van der Waals surface area (Å²) in [5, 5.41) is 9.00. The van der Waals surface area contributed by atoms with Crippen LogP contribution in [-0.2, 0) is 37.4 Å². The van der Waals surface area contributed by atoms with Crippen LogP contribution in [-0.4, -0.2) is 24.9 Å². The third-order valence-electron chi connectivity index (χ3n) is 4.52. The van der Waals surface area contributed by atoms with E-state index in [4.69, 9.17) is 9.84 Å². The van der Waals surface area contributed by atoms with E-state index in [0.29, 0.717) is 0 Å². The summed E-state index contributed by atoms with van der Waals surface area (Å²) < 4.78 is 5.18. The molecule has 2 rings (SSSR count). The molecule has 0 aliphatic heterocycles. The van der Waals surface area contributed by atoms with E-state index < -0.39 is 0 Å². The van der Waals surface area contributed by atoms with Gasteiger partial charge in [-0.15, -0.1) is 0 Å². The average molecular weight is 301 g/mol. The fourth-order valence-electron chi connectivity index (χ4n) is 3.62. The Morgan fingerprint density at radius 1 is 1.31 bits per heavy atom. The van der Waals surface area contributed by atoms with Crippen LogP contribution in [0.1, 0.15) is 44.9 Å². The molecule has 4 atom stereocenters. The number of fused-ring (bicyclic) bond motifs is 2. The van der Waals surface area contributed by atoms with E-state index in [1.54, 1.807) is 7.11 Å². The van der Waals surface area contributed by atoms with E-state index in [2.05, 4.69) is 0 Å². The Hall–Kier alpha value is 1.02. The fourth-order valence-corrected chi connectivity index (χ4v) is 3.62. The summed E-state index contributed by atoms with van der Waals surface area (Å²) in [6.45, 7) is 0.174. The van der Waals surface area contributed by atoms with Crippen molar-refractivity contribution < 1.29 is 42.6 Å². The molecule has 2 saturated carbocycles. The molecule has 2 aliphatic rings. The Labute approximate surface area is 124 Å². The van der Waals surface area contributed by atoms with Gasteiger partial charge in [-0.1, -0.05) is 19.3 Å². The van der Waals surface area contributed by atoms with Crippen molar-refractivity contribution in [3.05, 3.63) is 0 Å². The molecule has 4 unspecified atom stereocenters. The van der Waals surface area contributed by atoms with Gasteiger partial charge in [0.25, 0.3) is 0 Å². The average Bonchev–Trinajstić information content (AvgIpc) is 2.86. The van der Waals surface area contributed by atoms with Crippen LogP contribution in [0.25, 0.3) is 0 Å². The summed E-state index contributed by atoms with van der Waals surface area (Å²) in [5.41, 5.74) is 0. The molecule has 0 amide bonds. The Morgan fingerprint density at radius 3 is 2.62 bits per heavy atom. The van der Waals surface area contributed by atoms with Gasteiger partial charge >= 0.3 is 0 Å². The minimum atomic E-state index is 0. The maximum atomic E-state index is 9.00. The number of ether oxygens (including phenoxy) is 1. The molecule has 2 bridgehead atoms. The first-order valence-corrected chi connectivity index (χ1v) is 6.47. The van der Waals surface area contributed by atoms with Gasteiger partial charge < -0.3 is 9.84 Å². The SMILES string of the molecule is COC(CO)CCCC1CC2CCC1C2.[Y]. The second-order valence-corrected chi connectivity index (χ2v) is 5.41. The molecular weight excluding hydrogens is 277 g/mol. The van der Waals surface area contributed by atoms with Crippen LogP contribution >= 0.6 is 0 Å². The number of aliphatic hydroxyl groups is 1. The van der Waals surface area contributed by atoms with Crippen LogP contribution in [0.4, 0.5) is 0 Å². The molecule has 16 heavy (non-hydrogen) atoms. The molecule has 1 radical (unpaired) electrons. The van der Waals surface area contributed by atoms with Crippen molar-refractivity contribution in [1.82, 2.24) is 0 Å². The topological polar surface area (TPSA) is 29.5 Å². The summed E-state index contributed by atoms with van der Waals surface area (Å²) in [7, 11) is 1.69. The summed E-state index contributed by atoms with van der Waals surface area (Å²) in [5.74, 6) is 3.11. The molecule has 2 nitrogen and oxygen atoms in total. The molecule has 0 aromatic heterocycles. The van der Waals surface area contributed by atoms with Gasteiger partial charge in [-0.3, -0.25) is 0 Å². The molecule has 0 aromatic carbocycles. The Balaban J connectivity index is 0.00000128. The van der Waals surface area contributed by atoms with Gasteiger partial charge in [0.05, 0.1) is 12.7 Å². The molecule has 0 aromatic rings. The van der Waals surface area contributed by atoms with Crippen molar-refractivity contribution in [3.63, 3.8) is 0 Å². The quantitative estimate of drug-likeness (QED) is 0.817. The van der Waals surface area contributed by atoms with E-state index in [-0.39, 0.29) is 45.4 Å². The van der Waals surface area contributed by atoms with Gasteiger partial charge in [-0.05, 0) is 43.4 Å². The number of hydrogen-bond acceptors (Lipinski definition) is 2. The van der Waals surface area contributed by atoms with E-state index in [0.717, 1.165) is 24.2 Å². The van der Waals surface area contributed by atoms with Crippen molar-refractivity contribution in [1.29, 1.82) is 0 Å². The normalized spacial score (nSPS) is 33.8. The second-order valence-electron chi connectivity index (χ2n) is 5.41. The number of hydrogen-bond donors (Lipinski definition) is 1. The molecule has 2 aliphatic carbocycles. The minimum Gasteiger partial charge on any atom is -0.394 e. The van der Waals surface area contributed by atoms with Gasteiger partial charge in [-0.25, -0.2) is 0 Å². The van der Waals surface area contributed by atoms with Crippen LogP contribution < -0.4 is 0 Å². The van der Waals surface area contributed by atoms with Crippen LogP contribution in [0.5, 0.6) is 0 Å². The predicted octanol–water partition coefficient (Wildman–Crippen LogP) is 2.60. The van der Waals surface area contributed by atoms with Crippen LogP contribution in [0.3, 0.4) is 0 Å². The number of methoxy groups -OCH3 is 1. The van der Waals surface area contributed by atoms with Gasteiger partial charge in [0, 0.05) is 39.8 Å². The van der Waals surface area contributed by atoms with Crippen molar-refractivity contribution in [2.75, 3.05) is 13.7 Å². The van der Waals surface area contributed by atoms with Crippen LogP contribution in [0.15, 0.2) is 0 Å². The number of aliphatic hydroxyl groups excluding tert-OH is 1. The first kappa shape index (κ1) is 15.1. The zero-order chi connectivity index (χ0) is 10.7.